The molecular formula is C11H20O5S. The van der Waals surface area contributed by atoms with Crippen molar-refractivity contribution in [2.75, 3.05) is 12.9 Å². The Morgan fingerprint density at radius 1 is 1.24 bits per heavy atom. The highest BCUT2D eigenvalue weighted by atomic mass is 32.2. The summed E-state index contributed by atoms with van der Waals surface area (Å²) in [5.41, 5.74) is -0.318. The summed E-state index contributed by atoms with van der Waals surface area (Å²) >= 11 is 1.13. The lowest BCUT2D eigenvalue weighted by Crippen LogP contribution is -2.29. The average molecular weight is 264 g/mol. The van der Waals surface area contributed by atoms with Gasteiger partial charge in [-0.2, -0.15) is 0 Å². The first kappa shape index (κ1) is 16.2. The molecule has 0 aromatic heterocycles. The second kappa shape index (κ2) is 7.55. The Bertz CT molecular complexity index is 265. The summed E-state index contributed by atoms with van der Waals surface area (Å²) in [5, 5.41) is 0. The summed E-state index contributed by atoms with van der Waals surface area (Å²) in [5.74, 6) is -0.722. The van der Waals surface area contributed by atoms with Crippen molar-refractivity contribution in [2.24, 2.45) is 5.41 Å². The Balaban J connectivity index is 4.29. The molecular weight excluding hydrogens is 244 g/mol. The Morgan fingerprint density at radius 3 is 2.24 bits per heavy atom. The normalized spacial score (nSPS) is 13.0. The molecule has 0 aliphatic carbocycles. The molecule has 6 heteroatoms. The molecule has 0 saturated carbocycles. The van der Waals surface area contributed by atoms with E-state index in [1.54, 1.807) is 6.26 Å². The van der Waals surface area contributed by atoms with Crippen molar-refractivity contribution < 1.29 is 23.2 Å². The summed E-state index contributed by atoms with van der Waals surface area (Å²) in [4.78, 5) is 21.6. The maximum Gasteiger partial charge on any atom is 0.304 e. The summed E-state index contributed by atoms with van der Waals surface area (Å²) in [6, 6.07) is 0. The largest absolute Gasteiger partial charge is 0.465 e. The van der Waals surface area contributed by atoms with Crippen LogP contribution in [0.3, 0.4) is 0 Å². The monoisotopic (exact) mass is 264 g/mol. The standard InChI is InChI=1S/C11H20O5S/c1-8(12)14-7-11(3,4)6-10(16-17-5)15-9(2)13/h10H,6-7H2,1-5H3. The van der Waals surface area contributed by atoms with E-state index in [0.29, 0.717) is 6.42 Å². The van der Waals surface area contributed by atoms with Gasteiger partial charge in [-0.1, -0.05) is 13.8 Å². The number of hydrogen-bond donors (Lipinski definition) is 0. The minimum Gasteiger partial charge on any atom is -0.465 e. The number of carbonyl (C=O) groups is 2. The van der Waals surface area contributed by atoms with Crippen LogP contribution < -0.4 is 0 Å². The van der Waals surface area contributed by atoms with Gasteiger partial charge in [0.15, 0.2) is 0 Å². The van der Waals surface area contributed by atoms with Crippen LogP contribution in [0.25, 0.3) is 0 Å². The molecule has 1 atom stereocenters. The van der Waals surface area contributed by atoms with Gasteiger partial charge in [-0.3, -0.25) is 13.8 Å². The minimum absolute atomic E-state index is 0.262. The third kappa shape index (κ3) is 9.00. The van der Waals surface area contributed by atoms with E-state index in [1.165, 1.54) is 13.8 Å². The Morgan fingerprint density at radius 2 is 1.82 bits per heavy atom. The van der Waals surface area contributed by atoms with Crippen molar-refractivity contribution in [3.63, 3.8) is 0 Å². The number of rotatable bonds is 7. The predicted octanol–water partition coefficient (Wildman–Crippen LogP) is 2.15. The molecule has 0 radical (unpaired) electrons. The van der Waals surface area contributed by atoms with Gasteiger partial charge >= 0.3 is 11.9 Å². The number of ether oxygens (including phenoxy) is 2. The van der Waals surface area contributed by atoms with Crippen molar-refractivity contribution in [1.82, 2.24) is 0 Å². The van der Waals surface area contributed by atoms with Gasteiger partial charge in [-0.15, -0.1) is 0 Å². The van der Waals surface area contributed by atoms with Gasteiger partial charge in [0, 0.05) is 31.9 Å². The van der Waals surface area contributed by atoms with Gasteiger partial charge in [0.1, 0.15) is 0 Å². The fourth-order valence-electron chi connectivity index (χ4n) is 1.19. The van der Waals surface area contributed by atoms with Crippen LogP contribution in [0.5, 0.6) is 0 Å². The molecule has 0 aromatic carbocycles. The first-order valence-corrected chi connectivity index (χ1v) is 6.42. The summed E-state index contributed by atoms with van der Waals surface area (Å²) in [6.07, 6.45) is 1.57. The smallest absolute Gasteiger partial charge is 0.304 e. The molecule has 17 heavy (non-hydrogen) atoms. The van der Waals surface area contributed by atoms with Gasteiger partial charge in [-0.25, -0.2) is 0 Å². The highest BCUT2D eigenvalue weighted by Crippen LogP contribution is 2.26. The Kier molecular flexibility index (Phi) is 7.22. The van der Waals surface area contributed by atoms with E-state index in [2.05, 4.69) is 0 Å². The van der Waals surface area contributed by atoms with Crippen LogP contribution >= 0.6 is 12.0 Å². The van der Waals surface area contributed by atoms with E-state index in [9.17, 15) is 9.59 Å². The molecule has 0 heterocycles. The zero-order valence-electron chi connectivity index (χ0n) is 10.9. The SMILES string of the molecule is CSOC(CC(C)(C)COC(C)=O)OC(C)=O. The molecule has 0 aliphatic rings. The number of hydrogen-bond acceptors (Lipinski definition) is 6. The zero-order valence-corrected chi connectivity index (χ0v) is 11.8. The maximum atomic E-state index is 10.9. The molecule has 5 nitrogen and oxygen atoms in total. The fourth-order valence-corrected chi connectivity index (χ4v) is 1.52. The molecule has 0 fully saturated rings. The molecule has 0 amide bonds. The first-order valence-electron chi connectivity index (χ1n) is 5.27. The van der Waals surface area contributed by atoms with Crippen LogP contribution in [0.2, 0.25) is 0 Å². The average Bonchev–Trinajstić information content (AvgIpc) is 2.13. The molecule has 0 spiro atoms. The van der Waals surface area contributed by atoms with Crippen LogP contribution in [0.15, 0.2) is 0 Å². The van der Waals surface area contributed by atoms with Crippen LogP contribution in [0, 0.1) is 5.41 Å². The molecule has 1 unspecified atom stereocenters. The lowest BCUT2D eigenvalue weighted by molar-refractivity contribution is -0.165. The lowest BCUT2D eigenvalue weighted by atomic mass is 9.90. The highest BCUT2D eigenvalue weighted by molar-refractivity contribution is 7.93. The van der Waals surface area contributed by atoms with Gasteiger partial charge < -0.3 is 9.47 Å². The van der Waals surface area contributed by atoms with Crippen molar-refractivity contribution in [2.45, 2.75) is 40.4 Å². The second-order valence-corrected chi connectivity index (χ2v) is 4.98. The van der Waals surface area contributed by atoms with Crippen LogP contribution in [-0.2, 0) is 23.2 Å². The van der Waals surface area contributed by atoms with Crippen LogP contribution in [-0.4, -0.2) is 31.1 Å². The van der Waals surface area contributed by atoms with Gasteiger partial charge in [0.05, 0.1) is 6.61 Å². The van der Waals surface area contributed by atoms with E-state index in [4.69, 9.17) is 13.7 Å². The zero-order chi connectivity index (χ0) is 13.5. The van der Waals surface area contributed by atoms with E-state index >= 15 is 0 Å². The molecule has 0 saturated heterocycles. The van der Waals surface area contributed by atoms with Crippen molar-refractivity contribution in [3.8, 4) is 0 Å². The topological polar surface area (TPSA) is 61.8 Å². The summed E-state index contributed by atoms with van der Waals surface area (Å²) in [7, 11) is 0. The van der Waals surface area contributed by atoms with Crippen molar-refractivity contribution in [1.29, 1.82) is 0 Å². The van der Waals surface area contributed by atoms with Crippen LogP contribution in [0.4, 0.5) is 0 Å². The highest BCUT2D eigenvalue weighted by Gasteiger charge is 2.27. The van der Waals surface area contributed by atoms with Crippen molar-refractivity contribution in [3.05, 3.63) is 0 Å². The third-order valence-corrected chi connectivity index (χ3v) is 2.29. The van der Waals surface area contributed by atoms with Crippen LogP contribution in [0.1, 0.15) is 34.1 Å². The van der Waals surface area contributed by atoms with Gasteiger partial charge in [0.2, 0.25) is 6.29 Å². The maximum absolute atomic E-state index is 10.9. The molecule has 0 rings (SSSR count). The second-order valence-electron chi connectivity index (χ2n) is 4.45. The van der Waals surface area contributed by atoms with Gasteiger partial charge in [0.25, 0.3) is 0 Å². The van der Waals surface area contributed by atoms with E-state index < -0.39 is 12.3 Å². The Hall–Kier alpha value is -0.750. The summed E-state index contributed by atoms with van der Waals surface area (Å²) < 4.78 is 15.2. The molecule has 100 valence electrons. The van der Waals surface area contributed by atoms with E-state index in [-0.39, 0.29) is 18.0 Å². The number of carbonyl (C=O) groups excluding carboxylic acids is 2. The first-order chi connectivity index (χ1) is 7.76. The minimum atomic E-state index is -0.631. The fraction of sp³-hybridized carbons (Fsp3) is 0.818. The molecule has 0 N–H and O–H groups in total. The third-order valence-electron chi connectivity index (χ3n) is 1.89. The Labute approximate surface area is 106 Å². The molecule has 0 aromatic rings. The summed E-state index contributed by atoms with van der Waals surface area (Å²) in [6.45, 7) is 6.78. The quantitative estimate of drug-likeness (QED) is 0.399. The van der Waals surface area contributed by atoms with Crippen molar-refractivity contribution >= 4 is 24.0 Å². The number of esters is 2. The predicted molar refractivity (Wildman–Crippen MR) is 65.2 cm³/mol. The van der Waals surface area contributed by atoms with Gasteiger partial charge in [-0.05, 0) is 12.0 Å². The lowest BCUT2D eigenvalue weighted by Gasteiger charge is -2.27. The van der Waals surface area contributed by atoms with E-state index in [1.807, 2.05) is 13.8 Å². The molecule has 0 aliphatic heterocycles. The molecule has 0 bridgehead atoms. The van der Waals surface area contributed by atoms with E-state index in [0.717, 1.165) is 12.0 Å².